The van der Waals surface area contributed by atoms with E-state index in [9.17, 15) is 0 Å². The molecule has 0 amide bonds. The zero-order chi connectivity index (χ0) is 10.7. The standard InChI is InChI=1S/C13H11BrS/c1-10(9-14)12-7-8-13(15-12)11-5-3-2-4-6-11/h2-8H,1,9H2. The van der Waals surface area contributed by atoms with E-state index in [1.807, 2.05) is 6.07 Å². The highest BCUT2D eigenvalue weighted by Crippen LogP contribution is 2.31. The lowest BCUT2D eigenvalue weighted by Crippen LogP contribution is -1.74. The zero-order valence-corrected chi connectivity index (χ0v) is 10.6. The Labute approximate surface area is 102 Å². The first-order valence-electron chi connectivity index (χ1n) is 4.70. The molecule has 2 rings (SSSR count). The molecule has 2 heteroatoms. The average Bonchev–Trinajstić information content (AvgIpc) is 2.78. The van der Waals surface area contributed by atoms with Gasteiger partial charge in [-0.3, -0.25) is 0 Å². The Bertz CT molecular complexity index is 456. The molecule has 1 aromatic carbocycles. The summed E-state index contributed by atoms with van der Waals surface area (Å²) in [4.78, 5) is 2.55. The van der Waals surface area contributed by atoms with Crippen molar-refractivity contribution in [3.8, 4) is 10.4 Å². The highest BCUT2D eigenvalue weighted by Gasteiger charge is 2.03. The fourth-order valence-corrected chi connectivity index (χ4v) is 2.82. The third-order valence-corrected chi connectivity index (χ3v) is 4.09. The normalized spacial score (nSPS) is 10.2. The van der Waals surface area contributed by atoms with Crippen LogP contribution in [0.25, 0.3) is 16.0 Å². The summed E-state index contributed by atoms with van der Waals surface area (Å²) in [6.45, 7) is 4.01. The summed E-state index contributed by atoms with van der Waals surface area (Å²) in [5, 5.41) is 0.835. The Balaban J connectivity index is 2.32. The largest absolute Gasteiger partial charge is 0.136 e. The van der Waals surface area contributed by atoms with Crippen molar-refractivity contribution in [3.63, 3.8) is 0 Å². The van der Waals surface area contributed by atoms with Crippen LogP contribution in [0.5, 0.6) is 0 Å². The molecule has 0 aliphatic carbocycles. The van der Waals surface area contributed by atoms with Crippen molar-refractivity contribution in [1.29, 1.82) is 0 Å². The third kappa shape index (κ3) is 2.39. The van der Waals surface area contributed by atoms with Crippen LogP contribution in [-0.2, 0) is 0 Å². The smallest absolute Gasteiger partial charge is 0.0349 e. The van der Waals surface area contributed by atoms with Gasteiger partial charge in [-0.1, -0.05) is 52.8 Å². The first kappa shape index (κ1) is 10.7. The average molecular weight is 279 g/mol. The van der Waals surface area contributed by atoms with Gasteiger partial charge in [0, 0.05) is 15.1 Å². The van der Waals surface area contributed by atoms with Crippen molar-refractivity contribution in [2.24, 2.45) is 0 Å². The van der Waals surface area contributed by atoms with Gasteiger partial charge in [0.1, 0.15) is 0 Å². The van der Waals surface area contributed by atoms with Crippen LogP contribution in [0.3, 0.4) is 0 Å². The second-order valence-corrected chi connectivity index (χ2v) is 4.91. The molecule has 0 saturated carbocycles. The van der Waals surface area contributed by atoms with Gasteiger partial charge in [0.05, 0.1) is 0 Å². The molecular formula is C13H11BrS. The van der Waals surface area contributed by atoms with E-state index in [2.05, 4.69) is 58.9 Å². The van der Waals surface area contributed by atoms with Crippen LogP contribution in [0, 0.1) is 0 Å². The summed E-state index contributed by atoms with van der Waals surface area (Å²) in [5.74, 6) is 0. The van der Waals surface area contributed by atoms with E-state index < -0.39 is 0 Å². The summed E-state index contributed by atoms with van der Waals surface area (Å²) < 4.78 is 0. The molecule has 0 N–H and O–H groups in total. The van der Waals surface area contributed by atoms with Crippen molar-refractivity contribution < 1.29 is 0 Å². The highest BCUT2D eigenvalue weighted by atomic mass is 79.9. The number of allylic oxidation sites excluding steroid dienone is 1. The minimum absolute atomic E-state index is 0.835. The van der Waals surface area contributed by atoms with E-state index in [-0.39, 0.29) is 0 Å². The Hall–Kier alpha value is -0.860. The van der Waals surface area contributed by atoms with Crippen LogP contribution in [-0.4, -0.2) is 5.33 Å². The lowest BCUT2D eigenvalue weighted by atomic mass is 10.2. The van der Waals surface area contributed by atoms with Gasteiger partial charge in [0.2, 0.25) is 0 Å². The molecule has 0 saturated heterocycles. The Kier molecular flexibility index (Phi) is 3.39. The molecule has 0 aliphatic rings. The first-order valence-corrected chi connectivity index (χ1v) is 6.64. The third-order valence-electron chi connectivity index (χ3n) is 2.17. The van der Waals surface area contributed by atoms with Crippen molar-refractivity contribution in [1.82, 2.24) is 0 Å². The van der Waals surface area contributed by atoms with Gasteiger partial charge in [0.15, 0.2) is 0 Å². The maximum atomic E-state index is 4.01. The molecule has 15 heavy (non-hydrogen) atoms. The molecule has 0 radical (unpaired) electrons. The summed E-state index contributed by atoms with van der Waals surface area (Å²) in [5.41, 5.74) is 2.42. The fourth-order valence-electron chi connectivity index (χ4n) is 1.35. The van der Waals surface area contributed by atoms with Gasteiger partial charge in [-0.2, -0.15) is 0 Å². The van der Waals surface area contributed by atoms with E-state index in [1.165, 1.54) is 15.3 Å². The zero-order valence-electron chi connectivity index (χ0n) is 8.24. The summed E-state index contributed by atoms with van der Waals surface area (Å²) in [7, 11) is 0. The van der Waals surface area contributed by atoms with E-state index in [0.29, 0.717) is 0 Å². The van der Waals surface area contributed by atoms with E-state index in [4.69, 9.17) is 0 Å². The predicted octanol–water partition coefficient (Wildman–Crippen LogP) is 4.82. The van der Waals surface area contributed by atoms with Crippen LogP contribution in [0.15, 0.2) is 49.0 Å². The summed E-state index contributed by atoms with van der Waals surface area (Å²) in [6.07, 6.45) is 0. The lowest BCUT2D eigenvalue weighted by molar-refractivity contribution is 1.70. The SMILES string of the molecule is C=C(CBr)c1ccc(-c2ccccc2)s1. The second kappa shape index (κ2) is 4.77. The van der Waals surface area contributed by atoms with Crippen molar-refractivity contribution >= 4 is 32.8 Å². The van der Waals surface area contributed by atoms with Crippen molar-refractivity contribution in [3.05, 3.63) is 53.9 Å². The molecule has 0 fully saturated rings. The summed E-state index contributed by atoms with van der Waals surface area (Å²) in [6, 6.07) is 14.7. The monoisotopic (exact) mass is 278 g/mol. The quantitative estimate of drug-likeness (QED) is 0.706. The summed E-state index contributed by atoms with van der Waals surface area (Å²) >= 11 is 5.21. The van der Waals surface area contributed by atoms with Crippen LogP contribution in [0.1, 0.15) is 4.88 Å². The molecule has 76 valence electrons. The number of hydrogen-bond acceptors (Lipinski definition) is 1. The second-order valence-electron chi connectivity index (χ2n) is 3.27. The molecule has 1 heterocycles. The molecule has 0 aliphatic heterocycles. The molecule has 0 spiro atoms. The number of benzene rings is 1. The lowest BCUT2D eigenvalue weighted by Gasteiger charge is -1.96. The van der Waals surface area contributed by atoms with Crippen LogP contribution >= 0.6 is 27.3 Å². The number of alkyl halides is 1. The highest BCUT2D eigenvalue weighted by molar-refractivity contribution is 9.09. The van der Waals surface area contributed by atoms with Gasteiger partial charge < -0.3 is 0 Å². The van der Waals surface area contributed by atoms with E-state index in [0.717, 1.165) is 10.9 Å². The number of rotatable bonds is 3. The van der Waals surface area contributed by atoms with E-state index >= 15 is 0 Å². The molecule has 0 bridgehead atoms. The van der Waals surface area contributed by atoms with Crippen molar-refractivity contribution in [2.45, 2.75) is 0 Å². The Morgan fingerprint density at radius 2 is 1.87 bits per heavy atom. The Morgan fingerprint density at radius 1 is 1.13 bits per heavy atom. The van der Waals surface area contributed by atoms with E-state index in [1.54, 1.807) is 11.3 Å². The molecule has 0 atom stereocenters. The molecule has 0 nitrogen and oxygen atoms in total. The van der Waals surface area contributed by atoms with Crippen LogP contribution < -0.4 is 0 Å². The molecule has 1 aromatic heterocycles. The van der Waals surface area contributed by atoms with Crippen LogP contribution in [0.2, 0.25) is 0 Å². The minimum Gasteiger partial charge on any atom is -0.136 e. The van der Waals surface area contributed by atoms with Crippen molar-refractivity contribution in [2.75, 3.05) is 5.33 Å². The topological polar surface area (TPSA) is 0 Å². The van der Waals surface area contributed by atoms with Gasteiger partial charge in [-0.25, -0.2) is 0 Å². The number of hydrogen-bond donors (Lipinski definition) is 0. The molecule has 2 aromatic rings. The van der Waals surface area contributed by atoms with Gasteiger partial charge in [0.25, 0.3) is 0 Å². The maximum absolute atomic E-state index is 4.01. The predicted molar refractivity (Wildman–Crippen MR) is 72.6 cm³/mol. The first-order chi connectivity index (χ1) is 7.31. The fraction of sp³-hybridized carbons (Fsp3) is 0.0769. The minimum atomic E-state index is 0.835. The molecular weight excluding hydrogens is 268 g/mol. The number of halogens is 1. The van der Waals surface area contributed by atoms with Gasteiger partial charge >= 0.3 is 0 Å². The molecule has 0 unspecified atom stereocenters. The Morgan fingerprint density at radius 3 is 2.53 bits per heavy atom. The maximum Gasteiger partial charge on any atom is 0.0349 e. The number of thiophene rings is 1. The van der Waals surface area contributed by atoms with Gasteiger partial charge in [-0.05, 0) is 23.3 Å². The van der Waals surface area contributed by atoms with Gasteiger partial charge in [-0.15, -0.1) is 11.3 Å². The van der Waals surface area contributed by atoms with Crippen LogP contribution in [0.4, 0.5) is 0 Å².